The zero-order chi connectivity index (χ0) is 33.8. The van der Waals surface area contributed by atoms with Crippen molar-refractivity contribution >= 4 is 39.0 Å². The molecule has 2 aromatic carbocycles. The van der Waals surface area contributed by atoms with Crippen molar-refractivity contribution < 1.29 is 49.1 Å². The Kier molecular flexibility index (Phi) is 10.6. The Labute approximate surface area is 264 Å². The fourth-order valence-corrected chi connectivity index (χ4v) is 5.91. The van der Waals surface area contributed by atoms with Gasteiger partial charge < -0.3 is 10.1 Å². The second kappa shape index (κ2) is 13.9. The van der Waals surface area contributed by atoms with Crippen LogP contribution in [0.5, 0.6) is 6.01 Å². The number of aromatic nitrogens is 3. The van der Waals surface area contributed by atoms with Gasteiger partial charge in [-0.1, -0.05) is 48.0 Å². The molecule has 0 radical (unpaired) electrons. The van der Waals surface area contributed by atoms with Gasteiger partial charge in [0.05, 0.1) is 11.3 Å². The van der Waals surface area contributed by atoms with Crippen LogP contribution in [0.25, 0.3) is 0 Å². The normalized spacial score (nSPS) is 14.5. The smallest absolute Gasteiger partial charge is 0.422 e. The molecule has 3 aromatic rings. The van der Waals surface area contributed by atoms with Crippen LogP contribution >= 0.6 is 11.6 Å². The number of sulfone groups is 1. The largest absolute Gasteiger partial charge is 0.454 e. The molecule has 248 valence electrons. The molecule has 1 fully saturated rings. The number of ether oxygens (including phenoxy) is 1. The summed E-state index contributed by atoms with van der Waals surface area (Å²) in [6, 6.07) is 12.2. The van der Waals surface area contributed by atoms with E-state index in [0.717, 1.165) is 5.56 Å². The second-order valence-electron chi connectivity index (χ2n) is 10.8. The summed E-state index contributed by atoms with van der Waals surface area (Å²) in [6.07, 6.45) is -10.5. The lowest BCUT2D eigenvalue weighted by atomic mass is 10.1. The van der Waals surface area contributed by atoms with Crippen molar-refractivity contribution in [3.05, 3.63) is 76.1 Å². The zero-order valence-corrected chi connectivity index (χ0v) is 25.5. The van der Waals surface area contributed by atoms with E-state index in [2.05, 4.69) is 20.3 Å². The summed E-state index contributed by atoms with van der Waals surface area (Å²) in [5.41, 5.74) is 0.895. The van der Waals surface area contributed by atoms with E-state index >= 15 is 0 Å². The highest BCUT2D eigenvalue weighted by molar-refractivity contribution is 7.92. The molecule has 0 aliphatic heterocycles. The van der Waals surface area contributed by atoms with Crippen molar-refractivity contribution in [1.82, 2.24) is 15.0 Å². The topological polar surface area (TPSA) is 128 Å². The number of anilines is 1. The van der Waals surface area contributed by atoms with Gasteiger partial charge in [-0.3, -0.25) is 9.59 Å². The number of ketones is 2. The monoisotopic (exact) mass is 692 g/mol. The van der Waals surface area contributed by atoms with Gasteiger partial charge in [0.1, 0.15) is 23.8 Å². The molecule has 1 saturated carbocycles. The first-order valence-corrected chi connectivity index (χ1v) is 16.0. The fraction of sp³-hybridized carbons (Fsp3) is 0.414. The van der Waals surface area contributed by atoms with Crippen LogP contribution in [0.2, 0.25) is 5.02 Å². The third kappa shape index (κ3) is 10.9. The maximum Gasteiger partial charge on any atom is 0.422 e. The lowest BCUT2D eigenvalue weighted by Crippen LogP contribution is -2.23. The molecule has 1 aliphatic rings. The van der Waals surface area contributed by atoms with Gasteiger partial charge in [0, 0.05) is 23.4 Å². The van der Waals surface area contributed by atoms with Crippen LogP contribution in [0, 0.1) is 0 Å². The summed E-state index contributed by atoms with van der Waals surface area (Å²) in [6.45, 7) is -1.62. The van der Waals surface area contributed by atoms with Gasteiger partial charge in [-0.25, -0.2) is 8.42 Å². The average Bonchev–Trinajstić information content (AvgIpc) is 3.71. The Morgan fingerprint density at radius 1 is 0.913 bits per heavy atom. The molecule has 9 nitrogen and oxygen atoms in total. The number of nitrogens with zero attached hydrogens (tertiary/aromatic N) is 3. The molecule has 17 heteroatoms. The molecular formula is C29H27ClF6N4O5S. The van der Waals surface area contributed by atoms with Crippen LogP contribution < -0.4 is 10.1 Å². The van der Waals surface area contributed by atoms with Crippen LogP contribution in [0.3, 0.4) is 0 Å². The number of carbonyl (C=O) groups excluding carboxylic acids is 2. The van der Waals surface area contributed by atoms with Crippen molar-refractivity contribution in [2.75, 3.05) is 23.4 Å². The van der Waals surface area contributed by atoms with E-state index in [1.54, 1.807) is 12.1 Å². The highest BCUT2D eigenvalue weighted by Crippen LogP contribution is 2.48. The number of hydrogen-bond acceptors (Lipinski definition) is 9. The van der Waals surface area contributed by atoms with Gasteiger partial charge in [0.25, 0.3) is 0 Å². The molecule has 0 spiro atoms. The van der Waals surface area contributed by atoms with Crippen LogP contribution in [0.4, 0.5) is 32.3 Å². The van der Waals surface area contributed by atoms with Gasteiger partial charge in [-0.15, -0.1) is 0 Å². The quantitative estimate of drug-likeness (QED) is 0.149. The van der Waals surface area contributed by atoms with Crippen molar-refractivity contribution in [3.63, 3.8) is 0 Å². The minimum absolute atomic E-state index is 0.00765. The lowest BCUT2D eigenvalue weighted by molar-refractivity contribution is -0.155. The SMILES string of the molecule is O=C(CCCS(=O)(=O)CC(=O)c1ccc(Cc2nc(NC3(c4ccc(Cl)cc4)CC3)nc(OCC(F)(F)F)n2)cc1)CC(F)(F)F. The Balaban J connectivity index is 1.42. The number of benzene rings is 2. The molecule has 4 rings (SSSR count). The maximum absolute atomic E-state index is 12.8. The van der Waals surface area contributed by atoms with E-state index in [-0.39, 0.29) is 30.2 Å². The van der Waals surface area contributed by atoms with E-state index in [1.807, 2.05) is 12.1 Å². The lowest BCUT2D eigenvalue weighted by Gasteiger charge is -2.19. The summed E-state index contributed by atoms with van der Waals surface area (Å²) < 4.78 is 105. The minimum Gasteiger partial charge on any atom is -0.454 e. The van der Waals surface area contributed by atoms with E-state index in [9.17, 15) is 44.3 Å². The van der Waals surface area contributed by atoms with Gasteiger partial charge in [0.2, 0.25) is 5.95 Å². The Morgan fingerprint density at radius 2 is 1.57 bits per heavy atom. The van der Waals surface area contributed by atoms with Crippen LogP contribution in [0.1, 0.15) is 59.4 Å². The molecule has 1 aliphatic carbocycles. The number of halogens is 7. The number of carbonyl (C=O) groups is 2. The first-order chi connectivity index (χ1) is 21.4. The molecule has 46 heavy (non-hydrogen) atoms. The minimum atomic E-state index is -4.68. The van der Waals surface area contributed by atoms with Crippen LogP contribution in [-0.4, -0.2) is 65.4 Å². The highest BCUT2D eigenvalue weighted by Gasteiger charge is 2.45. The third-order valence-corrected chi connectivity index (χ3v) is 8.69. The van der Waals surface area contributed by atoms with Crippen LogP contribution in [0.15, 0.2) is 48.5 Å². The summed E-state index contributed by atoms with van der Waals surface area (Å²) >= 11 is 5.99. The van der Waals surface area contributed by atoms with Gasteiger partial charge in [-0.2, -0.15) is 41.3 Å². The number of rotatable bonds is 15. The molecule has 1 aromatic heterocycles. The highest BCUT2D eigenvalue weighted by atomic mass is 35.5. The third-order valence-electron chi connectivity index (χ3n) is 6.82. The summed E-state index contributed by atoms with van der Waals surface area (Å²) in [4.78, 5) is 36.3. The van der Waals surface area contributed by atoms with E-state index in [4.69, 9.17) is 16.3 Å². The molecule has 1 heterocycles. The van der Waals surface area contributed by atoms with Crippen molar-refractivity contribution in [2.24, 2.45) is 0 Å². The predicted octanol–water partition coefficient (Wildman–Crippen LogP) is 6.06. The van der Waals surface area contributed by atoms with E-state index < -0.39 is 76.3 Å². The number of Topliss-reactive ketones (excluding diaryl/α,β-unsaturated/α-hetero) is 2. The Morgan fingerprint density at radius 3 is 2.15 bits per heavy atom. The molecule has 0 saturated heterocycles. The van der Waals surface area contributed by atoms with Crippen molar-refractivity contribution in [2.45, 2.75) is 56.4 Å². The van der Waals surface area contributed by atoms with Crippen LogP contribution in [-0.2, 0) is 26.6 Å². The molecular weight excluding hydrogens is 666 g/mol. The predicted molar refractivity (Wildman–Crippen MR) is 155 cm³/mol. The molecule has 0 unspecified atom stereocenters. The zero-order valence-electron chi connectivity index (χ0n) is 23.9. The molecule has 0 amide bonds. The van der Waals surface area contributed by atoms with Gasteiger partial charge in [0.15, 0.2) is 22.2 Å². The summed E-state index contributed by atoms with van der Waals surface area (Å²) in [5.74, 6) is -3.39. The Bertz CT molecular complexity index is 1660. The summed E-state index contributed by atoms with van der Waals surface area (Å²) in [5, 5.41) is 3.71. The van der Waals surface area contributed by atoms with Gasteiger partial charge in [-0.05, 0) is 42.5 Å². The van der Waals surface area contributed by atoms with Crippen molar-refractivity contribution in [3.8, 4) is 6.01 Å². The fourth-order valence-electron chi connectivity index (χ4n) is 4.49. The Hall–Kier alpha value is -3.79. The van der Waals surface area contributed by atoms with E-state index in [1.165, 1.54) is 24.3 Å². The van der Waals surface area contributed by atoms with E-state index in [0.29, 0.717) is 23.4 Å². The first kappa shape index (κ1) is 35.1. The van der Waals surface area contributed by atoms with Gasteiger partial charge >= 0.3 is 18.4 Å². The number of alkyl halides is 6. The first-order valence-electron chi connectivity index (χ1n) is 13.8. The standard InChI is InChI=1S/C29H27ClF6N4O5S/c30-21-9-7-20(8-10-21)27(11-12-27)40-25-37-24(38-26(39-25)45-17-29(34,35)36)14-18-3-5-19(6-4-18)23(42)16-46(43,44)13-1-2-22(41)15-28(31,32)33/h3-10H,1-2,11-17H2,(H,37,38,39,40). The molecule has 0 atom stereocenters. The maximum atomic E-state index is 12.8. The summed E-state index contributed by atoms with van der Waals surface area (Å²) in [7, 11) is -4.00. The average molecular weight is 693 g/mol. The second-order valence-corrected chi connectivity index (χ2v) is 13.4. The number of nitrogens with one attached hydrogen (secondary N) is 1. The molecule has 1 N–H and O–H groups in total. The number of hydrogen-bond donors (Lipinski definition) is 1. The van der Waals surface area contributed by atoms with Crippen molar-refractivity contribution in [1.29, 1.82) is 0 Å². The molecule has 0 bridgehead atoms.